The molecule has 0 saturated heterocycles. The second kappa shape index (κ2) is 9.33. The maximum Gasteiger partial charge on any atom is 0.255 e. The van der Waals surface area contributed by atoms with Crippen molar-refractivity contribution in [3.05, 3.63) is 23.9 Å². The number of amides is 1. The van der Waals surface area contributed by atoms with E-state index in [0.717, 1.165) is 32.4 Å². The van der Waals surface area contributed by atoms with Gasteiger partial charge >= 0.3 is 0 Å². The van der Waals surface area contributed by atoms with Gasteiger partial charge < -0.3 is 15.4 Å². The minimum absolute atomic E-state index is 0.0795. The maximum atomic E-state index is 12.0. The first kappa shape index (κ1) is 15.4. The zero-order chi connectivity index (χ0) is 13.9. The summed E-state index contributed by atoms with van der Waals surface area (Å²) >= 11 is 0. The van der Waals surface area contributed by atoms with E-state index in [1.54, 1.807) is 25.4 Å². The monoisotopic (exact) mass is 265 g/mol. The summed E-state index contributed by atoms with van der Waals surface area (Å²) in [5.41, 5.74) is 0.600. The Morgan fingerprint density at radius 1 is 1.37 bits per heavy atom. The molecule has 1 rings (SSSR count). The van der Waals surface area contributed by atoms with Gasteiger partial charge in [-0.15, -0.1) is 0 Å². The lowest BCUT2D eigenvalue weighted by Gasteiger charge is -2.10. The molecule has 0 aliphatic rings. The molecule has 1 aromatic heterocycles. The molecule has 0 radical (unpaired) electrons. The number of carbonyl (C=O) groups is 1. The molecule has 1 amide bonds. The molecule has 5 nitrogen and oxygen atoms in total. The van der Waals surface area contributed by atoms with Gasteiger partial charge in [-0.3, -0.25) is 4.79 Å². The fourth-order valence-corrected chi connectivity index (χ4v) is 1.64. The topological polar surface area (TPSA) is 63.2 Å². The Morgan fingerprint density at radius 2 is 2.21 bits per heavy atom. The number of nitrogens with one attached hydrogen (secondary N) is 2. The van der Waals surface area contributed by atoms with Crippen molar-refractivity contribution in [1.29, 1.82) is 0 Å². The molecular formula is C14H23N3O2. The maximum absolute atomic E-state index is 12.0. The number of ether oxygens (including phenoxy) is 1. The summed E-state index contributed by atoms with van der Waals surface area (Å²) in [6.07, 6.45) is 4.55. The highest BCUT2D eigenvalue weighted by Crippen LogP contribution is 2.11. The lowest BCUT2D eigenvalue weighted by molar-refractivity contribution is 0.0952. The lowest BCUT2D eigenvalue weighted by atomic mass is 10.2. The van der Waals surface area contributed by atoms with Gasteiger partial charge in [0.25, 0.3) is 5.91 Å². The molecule has 0 saturated carbocycles. The van der Waals surface area contributed by atoms with Crippen LogP contribution in [0.5, 0.6) is 0 Å². The number of pyridine rings is 1. The van der Waals surface area contributed by atoms with Crippen LogP contribution >= 0.6 is 0 Å². The molecule has 1 aromatic rings. The van der Waals surface area contributed by atoms with Crippen molar-refractivity contribution in [3.63, 3.8) is 0 Å². The zero-order valence-corrected chi connectivity index (χ0v) is 11.7. The molecule has 0 atom stereocenters. The average Bonchev–Trinajstić information content (AvgIpc) is 2.45. The molecular weight excluding hydrogens is 242 g/mol. The first-order valence-electron chi connectivity index (χ1n) is 6.75. The van der Waals surface area contributed by atoms with Gasteiger partial charge in [0.15, 0.2) is 0 Å². The second-order valence-corrected chi connectivity index (χ2v) is 4.28. The van der Waals surface area contributed by atoms with Crippen molar-refractivity contribution in [1.82, 2.24) is 10.3 Å². The molecule has 1 heterocycles. The minimum Gasteiger partial charge on any atom is -0.385 e. The van der Waals surface area contributed by atoms with Gasteiger partial charge in [0.2, 0.25) is 0 Å². The second-order valence-electron chi connectivity index (χ2n) is 4.28. The quantitative estimate of drug-likeness (QED) is 0.671. The Bertz CT molecular complexity index is 383. The van der Waals surface area contributed by atoms with Gasteiger partial charge in [-0.2, -0.15) is 0 Å². The van der Waals surface area contributed by atoms with Gasteiger partial charge in [-0.1, -0.05) is 6.92 Å². The van der Waals surface area contributed by atoms with E-state index in [-0.39, 0.29) is 5.91 Å². The number of unbranched alkanes of at least 4 members (excludes halogenated alkanes) is 1. The van der Waals surface area contributed by atoms with Crippen molar-refractivity contribution in [3.8, 4) is 0 Å². The number of rotatable bonds is 9. The Hall–Kier alpha value is -1.62. The van der Waals surface area contributed by atoms with E-state index in [9.17, 15) is 4.79 Å². The van der Waals surface area contributed by atoms with Gasteiger partial charge in [0, 0.05) is 33.0 Å². The van der Waals surface area contributed by atoms with Crippen LogP contribution in [0.15, 0.2) is 18.3 Å². The fourth-order valence-electron chi connectivity index (χ4n) is 1.64. The Kier molecular flexibility index (Phi) is 7.58. The predicted octanol–water partition coefficient (Wildman–Crippen LogP) is 2.06. The normalized spacial score (nSPS) is 10.2. The summed E-state index contributed by atoms with van der Waals surface area (Å²) in [4.78, 5) is 16.2. The van der Waals surface area contributed by atoms with E-state index < -0.39 is 0 Å². The standard InChI is InChI=1S/C14H23N3O2/c1-3-8-15-13-12(7-6-10-16-13)14(18)17-9-4-5-11-19-2/h6-7,10H,3-5,8-9,11H2,1-2H3,(H,15,16)(H,17,18). The highest BCUT2D eigenvalue weighted by Gasteiger charge is 2.10. The first-order valence-corrected chi connectivity index (χ1v) is 6.75. The smallest absolute Gasteiger partial charge is 0.255 e. The number of carbonyl (C=O) groups excluding carboxylic acids is 1. The van der Waals surface area contributed by atoms with Crippen LogP contribution in [0.2, 0.25) is 0 Å². The Morgan fingerprint density at radius 3 is 2.95 bits per heavy atom. The molecule has 0 spiro atoms. The van der Waals surface area contributed by atoms with Crippen LogP contribution in [0.3, 0.4) is 0 Å². The lowest BCUT2D eigenvalue weighted by Crippen LogP contribution is -2.26. The highest BCUT2D eigenvalue weighted by molar-refractivity contribution is 5.98. The third kappa shape index (κ3) is 5.70. The van der Waals surface area contributed by atoms with Crippen LogP contribution in [0, 0.1) is 0 Å². The molecule has 19 heavy (non-hydrogen) atoms. The van der Waals surface area contributed by atoms with E-state index in [1.807, 2.05) is 0 Å². The van der Waals surface area contributed by atoms with Gasteiger partial charge in [0.05, 0.1) is 5.56 Å². The number of hydrogen-bond acceptors (Lipinski definition) is 4. The molecule has 0 unspecified atom stereocenters. The van der Waals surface area contributed by atoms with Gasteiger partial charge in [0.1, 0.15) is 5.82 Å². The molecule has 0 bridgehead atoms. The first-order chi connectivity index (χ1) is 9.29. The molecule has 2 N–H and O–H groups in total. The highest BCUT2D eigenvalue weighted by atomic mass is 16.5. The molecule has 0 aromatic carbocycles. The van der Waals surface area contributed by atoms with Crippen molar-refractivity contribution in [2.45, 2.75) is 26.2 Å². The largest absolute Gasteiger partial charge is 0.385 e. The van der Waals surface area contributed by atoms with Gasteiger partial charge in [-0.05, 0) is 31.4 Å². The van der Waals surface area contributed by atoms with E-state index in [2.05, 4.69) is 22.5 Å². The van der Waals surface area contributed by atoms with E-state index in [0.29, 0.717) is 17.9 Å². The summed E-state index contributed by atoms with van der Waals surface area (Å²) in [6, 6.07) is 3.56. The van der Waals surface area contributed by atoms with Crippen LogP contribution in [0.1, 0.15) is 36.5 Å². The van der Waals surface area contributed by atoms with Crippen molar-refractivity contribution < 1.29 is 9.53 Å². The zero-order valence-electron chi connectivity index (χ0n) is 11.7. The van der Waals surface area contributed by atoms with E-state index in [4.69, 9.17) is 4.74 Å². The summed E-state index contributed by atoms with van der Waals surface area (Å²) < 4.78 is 4.96. The van der Waals surface area contributed by atoms with E-state index in [1.165, 1.54) is 0 Å². The summed E-state index contributed by atoms with van der Waals surface area (Å²) in [6.45, 7) is 4.27. The number of hydrogen-bond donors (Lipinski definition) is 2. The van der Waals surface area contributed by atoms with Crippen molar-refractivity contribution >= 4 is 11.7 Å². The van der Waals surface area contributed by atoms with Crippen LogP contribution in [0.4, 0.5) is 5.82 Å². The number of anilines is 1. The number of nitrogens with zero attached hydrogens (tertiary/aromatic N) is 1. The molecule has 0 aliphatic carbocycles. The summed E-state index contributed by atoms with van der Waals surface area (Å²) in [7, 11) is 1.68. The molecule has 106 valence electrons. The van der Waals surface area contributed by atoms with Crippen molar-refractivity contribution in [2.24, 2.45) is 0 Å². The van der Waals surface area contributed by atoms with Crippen LogP contribution in [0.25, 0.3) is 0 Å². The Balaban J connectivity index is 2.46. The predicted molar refractivity (Wildman–Crippen MR) is 76.5 cm³/mol. The number of methoxy groups -OCH3 is 1. The molecule has 5 heteroatoms. The Labute approximate surface area is 114 Å². The van der Waals surface area contributed by atoms with Crippen LogP contribution < -0.4 is 10.6 Å². The van der Waals surface area contributed by atoms with Crippen molar-refractivity contribution in [2.75, 3.05) is 32.1 Å². The van der Waals surface area contributed by atoms with Crippen LogP contribution in [-0.4, -0.2) is 37.7 Å². The number of aromatic nitrogens is 1. The molecule has 0 aliphatic heterocycles. The third-order valence-electron chi connectivity index (χ3n) is 2.66. The fraction of sp³-hybridized carbons (Fsp3) is 0.571. The minimum atomic E-state index is -0.0795. The van der Waals surface area contributed by atoms with Gasteiger partial charge in [-0.25, -0.2) is 4.98 Å². The average molecular weight is 265 g/mol. The SMILES string of the molecule is CCCNc1ncccc1C(=O)NCCCCOC. The van der Waals surface area contributed by atoms with Crippen LogP contribution in [-0.2, 0) is 4.74 Å². The molecule has 0 fully saturated rings. The summed E-state index contributed by atoms with van der Waals surface area (Å²) in [5, 5.41) is 6.06. The van der Waals surface area contributed by atoms with E-state index >= 15 is 0 Å². The summed E-state index contributed by atoms with van der Waals surface area (Å²) in [5.74, 6) is 0.572. The third-order valence-corrected chi connectivity index (χ3v) is 2.66.